The molecule has 2 atom stereocenters. The SMILES string of the molecule is C[C@H]1CN(C(=O)OCC2c3ccccc3-c3ccccc32)Cc2[nH]nc([C@@](C)(O)C(F)(F)F)c21. The molecule has 0 saturated heterocycles. The van der Waals surface area contributed by atoms with Crippen molar-refractivity contribution in [2.45, 2.75) is 44.0 Å². The molecule has 9 heteroatoms. The van der Waals surface area contributed by atoms with Gasteiger partial charge in [0, 0.05) is 23.9 Å². The Bertz CT molecular complexity index is 1210. The van der Waals surface area contributed by atoms with Crippen LogP contribution >= 0.6 is 0 Å². The highest BCUT2D eigenvalue weighted by molar-refractivity contribution is 5.79. The van der Waals surface area contributed by atoms with E-state index in [-0.39, 0.29) is 25.6 Å². The van der Waals surface area contributed by atoms with E-state index >= 15 is 0 Å². The predicted octanol–water partition coefficient (Wildman–Crippen LogP) is 5.05. The Morgan fingerprint density at radius 2 is 1.74 bits per heavy atom. The number of amides is 1. The van der Waals surface area contributed by atoms with Crippen LogP contribution in [0, 0.1) is 0 Å². The van der Waals surface area contributed by atoms with Gasteiger partial charge in [-0.3, -0.25) is 5.10 Å². The number of H-pyrrole nitrogens is 1. The van der Waals surface area contributed by atoms with E-state index < -0.39 is 29.5 Å². The summed E-state index contributed by atoms with van der Waals surface area (Å²) in [6, 6.07) is 16.0. The minimum absolute atomic E-state index is 0.0251. The molecule has 0 saturated carbocycles. The summed E-state index contributed by atoms with van der Waals surface area (Å²) in [5.41, 5.74) is 1.56. The Morgan fingerprint density at radius 1 is 1.15 bits per heavy atom. The topological polar surface area (TPSA) is 78.5 Å². The number of rotatable bonds is 3. The van der Waals surface area contributed by atoms with Gasteiger partial charge in [-0.25, -0.2) is 4.79 Å². The number of hydrogen-bond acceptors (Lipinski definition) is 4. The van der Waals surface area contributed by atoms with Crippen LogP contribution in [-0.4, -0.2) is 45.6 Å². The smallest absolute Gasteiger partial charge is 0.422 e. The Balaban J connectivity index is 1.33. The van der Waals surface area contributed by atoms with Crippen LogP contribution in [0.3, 0.4) is 0 Å². The molecule has 0 spiro atoms. The number of alkyl halides is 3. The van der Waals surface area contributed by atoms with E-state index in [4.69, 9.17) is 4.74 Å². The minimum Gasteiger partial charge on any atom is -0.448 e. The molecule has 1 aliphatic heterocycles. The lowest BCUT2D eigenvalue weighted by Gasteiger charge is -2.33. The molecule has 0 fully saturated rings. The van der Waals surface area contributed by atoms with Gasteiger partial charge in [-0.05, 0) is 29.2 Å². The third kappa shape index (κ3) is 3.46. The zero-order valence-electron chi connectivity index (χ0n) is 18.7. The minimum atomic E-state index is -4.88. The summed E-state index contributed by atoms with van der Waals surface area (Å²) in [7, 11) is 0. The van der Waals surface area contributed by atoms with Crippen LogP contribution in [0.4, 0.5) is 18.0 Å². The van der Waals surface area contributed by atoms with Crippen LogP contribution in [0.5, 0.6) is 0 Å². The number of nitrogens with one attached hydrogen (secondary N) is 1. The normalized spacial score (nSPS) is 19.2. The Morgan fingerprint density at radius 3 is 2.32 bits per heavy atom. The van der Waals surface area contributed by atoms with Gasteiger partial charge in [0.15, 0.2) is 0 Å². The maximum Gasteiger partial charge on any atom is 0.422 e. The van der Waals surface area contributed by atoms with Crippen molar-refractivity contribution >= 4 is 6.09 Å². The number of fused-ring (bicyclic) bond motifs is 4. The molecule has 2 aromatic carbocycles. The number of hydrogen-bond donors (Lipinski definition) is 2. The number of aliphatic hydroxyl groups is 1. The largest absolute Gasteiger partial charge is 0.448 e. The number of carbonyl (C=O) groups excluding carboxylic acids is 1. The molecule has 0 bridgehead atoms. The van der Waals surface area contributed by atoms with E-state index in [0.717, 1.165) is 22.3 Å². The number of aromatic nitrogens is 2. The standard InChI is InChI=1S/C25H24F3N3O3/c1-14-11-31(12-20-21(14)22(30-29-20)24(2,33)25(26,27)28)23(32)34-13-19-17-9-5-3-7-15(17)16-8-4-6-10-18(16)19/h3-10,14,19,33H,11-13H2,1-2H3,(H,29,30)/t14-,24+/m0/s1. The molecule has 2 aliphatic rings. The summed E-state index contributed by atoms with van der Waals surface area (Å²) in [6.45, 7) is 2.73. The van der Waals surface area contributed by atoms with Gasteiger partial charge in [0.2, 0.25) is 5.60 Å². The van der Waals surface area contributed by atoms with Crippen molar-refractivity contribution in [3.63, 3.8) is 0 Å². The van der Waals surface area contributed by atoms with Crippen LogP contribution < -0.4 is 0 Å². The molecule has 3 aromatic rings. The Hall–Kier alpha value is -3.33. The third-order valence-corrected chi connectivity index (χ3v) is 6.83. The Labute approximate surface area is 194 Å². The van der Waals surface area contributed by atoms with E-state index in [1.165, 1.54) is 4.90 Å². The van der Waals surface area contributed by atoms with Crippen LogP contribution in [0.2, 0.25) is 0 Å². The van der Waals surface area contributed by atoms with E-state index in [1.807, 2.05) is 36.4 Å². The second-order valence-electron chi connectivity index (χ2n) is 9.12. The number of ether oxygens (including phenoxy) is 1. The molecule has 2 heterocycles. The number of halogens is 3. The molecule has 34 heavy (non-hydrogen) atoms. The van der Waals surface area contributed by atoms with E-state index in [0.29, 0.717) is 18.2 Å². The monoisotopic (exact) mass is 471 g/mol. The van der Waals surface area contributed by atoms with E-state index in [9.17, 15) is 23.1 Å². The van der Waals surface area contributed by atoms with Gasteiger partial charge in [0.25, 0.3) is 0 Å². The first kappa shape index (κ1) is 22.5. The molecule has 6 nitrogen and oxygen atoms in total. The highest BCUT2D eigenvalue weighted by Gasteiger charge is 2.55. The first-order valence-corrected chi connectivity index (χ1v) is 11.1. The number of carbonyl (C=O) groups is 1. The lowest BCUT2D eigenvalue weighted by atomic mass is 9.87. The highest BCUT2D eigenvalue weighted by Crippen LogP contribution is 2.45. The van der Waals surface area contributed by atoms with Gasteiger partial charge in [-0.15, -0.1) is 0 Å². The van der Waals surface area contributed by atoms with Crippen molar-refractivity contribution in [1.82, 2.24) is 15.1 Å². The van der Waals surface area contributed by atoms with Gasteiger partial charge < -0.3 is 14.7 Å². The van der Waals surface area contributed by atoms with Crippen molar-refractivity contribution in [2.24, 2.45) is 0 Å². The van der Waals surface area contributed by atoms with Gasteiger partial charge in [-0.2, -0.15) is 18.3 Å². The van der Waals surface area contributed by atoms with Crippen LogP contribution in [0.15, 0.2) is 48.5 Å². The van der Waals surface area contributed by atoms with Crippen LogP contribution in [0.25, 0.3) is 11.1 Å². The molecule has 2 N–H and O–H groups in total. The van der Waals surface area contributed by atoms with E-state index in [2.05, 4.69) is 22.3 Å². The summed E-state index contributed by atoms with van der Waals surface area (Å²) < 4.78 is 45.8. The van der Waals surface area contributed by atoms with Gasteiger partial charge in [0.1, 0.15) is 12.3 Å². The fourth-order valence-corrected chi connectivity index (χ4v) is 5.05. The Kier molecular flexibility index (Phi) is 5.20. The lowest BCUT2D eigenvalue weighted by Crippen LogP contribution is -2.42. The molecule has 0 radical (unpaired) electrons. The maximum absolute atomic E-state index is 13.4. The third-order valence-electron chi connectivity index (χ3n) is 6.83. The molecule has 1 aromatic heterocycles. The first-order valence-electron chi connectivity index (χ1n) is 11.1. The predicted molar refractivity (Wildman–Crippen MR) is 118 cm³/mol. The molecular formula is C25H24F3N3O3. The molecule has 0 unspecified atom stereocenters. The second kappa shape index (κ2) is 7.87. The average Bonchev–Trinajstić information content (AvgIpc) is 3.37. The number of aromatic amines is 1. The summed E-state index contributed by atoms with van der Waals surface area (Å²) in [5.74, 6) is -0.554. The molecule has 178 valence electrons. The van der Waals surface area contributed by atoms with Crippen molar-refractivity contribution < 1.29 is 27.8 Å². The van der Waals surface area contributed by atoms with Crippen LogP contribution in [0.1, 0.15) is 53.8 Å². The van der Waals surface area contributed by atoms with Crippen molar-refractivity contribution in [3.8, 4) is 11.1 Å². The van der Waals surface area contributed by atoms with Crippen molar-refractivity contribution in [1.29, 1.82) is 0 Å². The van der Waals surface area contributed by atoms with Crippen LogP contribution in [-0.2, 0) is 16.9 Å². The summed E-state index contributed by atoms with van der Waals surface area (Å²) in [4.78, 5) is 14.4. The fourth-order valence-electron chi connectivity index (χ4n) is 5.05. The van der Waals surface area contributed by atoms with Crippen molar-refractivity contribution in [2.75, 3.05) is 13.2 Å². The zero-order chi connectivity index (χ0) is 24.3. The number of nitrogens with zero attached hydrogens (tertiary/aromatic N) is 2. The van der Waals surface area contributed by atoms with Crippen molar-refractivity contribution in [3.05, 3.63) is 76.6 Å². The molecule has 1 aliphatic carbocycles. The lowest BCUT2D eigenvalue weighted by molar-refractivity contribution is -0.260. The zero-order valence-corrected chi connectivity index (χ0v) is 18.7. The first-order chi connectivity index (χ1) is 16.1. The highest BCUT2D eigenvalue weighted by atomic mass is 19.4. The van der Waals surface area contributed by atoms with E-state index in [1.54, 1.807) is 6.92 Å². The van der Waals surface area contributed by atoms with Gasteiger partial charge >= 0.3 is 12.3 Å². The molecule has 1 amide bonds. The number of benzene rings is 2. The van der Waals surface area contributed by atoms with Gasteiger partial charge in [0.05, 0.1) is 12.2 Å². The summed E-state index contributed by atoms with van der Waals surface area (Å²) in [6.07, 6.45) is -5.42. The quantitative estimate of drug-likeness (QED) is 0.561. The van der Waals surface area contributed by atoms with Gasteiger partial charge in [-0.1, -0.05) is 55.5 Å². The fraction of sp³-hybridized carbons (Fsp3) is 0.360. The molecule has 5 rings (SSSR count). The maximum atomic E-state index is 13.4. The summed E-state index contributed by atoms with van der Waals surface area (Å²) in [5, 5.41) is 16.5. The second-order valence-corrected chi connectivity index (χ2v) is 9.12. The average molecular weight is 471 g/mol. The summed E-state index contributed by atoms with van der Waals surface area (Å²) >= 11 is 0. The molecular weight excluding hydrogens is 447 g/mol.